The van der Waals surface area contributed by atoms with Crippen LogP contribution in [0.3, 0.4) is 0 Å². The number of aromatic nitrogens is 3. The van der Waals surface area contributed by atoms with E-state index in [1.807, 2.05) is 31.2 Å². The van der Waals surface area contributed by atoms with E-state index >= 15 is 0 Å². The van der Waals surface area contributed by atoms with Gasteiger partial charge in [-0.2, -0.15) is 5.10 Å². The largest absolute Gasteiger partial charge is 0.335 e. The Morgan fingerprint density at radius 3 is 2.38 bits per heavy atom. The van der Waals surface area contributed by atoms with E-state index in [1.165, 1.54) is 6.33 Å². The molecule has 0 saturated carbocycles. The molecule has 1 heterocycles. The molecule has 0 bridgehead atoms. The molecule has 3 rings (SSSR count). The molecule has 0 saturated heterocycles. The van der Waals surface area contributed by atoms with Crippen LogP contribution in [0.1, 0.15) is 28.9 Å². The topological polar surface area (TPSA) is 51.0 Å². The SMILES string of the molecule is CC(c1ccc(-n2cncn2)cc1)N(C)C(=O)c1ccc(Cl)cc1. The fourth-order valence-electron chi connectivity index (χ4n) is 2.44. The van der Waals surface area contributed by atoms with Crippen molar-refractivity contribution in [2.75, 3.05) is 7.05 Å². The molecule has 3 aromatic rings. The second-order valence-corrected chi connectivity index (χ2v) is 5.97. The third-order valence-corrected chi connectivity index (χ3v) is 4.30. The van der Waals surface area contributed by atoms with Crippen molar-refractivity contribution in [2.24, 2.45) is 0 Å². The summed E-state index contributed by atoms with van der Waals surface area (Å²) in [6, 6.07) is 14.8. The van der Waals surface area contributed by atoms with Gasteiger partial charge in [-0.15, -0.1) is 0 Å². The number of nitrogens with zero attached hydrogens (tertiary/aromatic N) is 4. The Morgan fingerprint density at radius 2 is 1.79 bits per heavy atom. The Morgan fingerprint density at radius 1 is 1.12 bits per heavy atom. The van der Waals surface area contributed by atoms with Gasteiger partial charge in [-0.3, -0.25) is 4.79 Å². The quantitative estimate of drug-likeness (QED) is 0.726. The molecule has 0 aliphatic carbocycles. The maximum Gasteiger partial charge on any atom is 0.254 e. The average Bonchev–Trinajstić information content (AvgIpc) is 3.15. The molecule has 1 unspecified atom stereocenters. The molecular weight excluding hydrogens is 324 g/mol. The van der Waals surface area contributed by atoms with E-state index < -0.39 is 0 Å². The van der Waals surface area contributed by atoms with Crippen molar-refractivity contribution in [3.63, 3.8) is 0 Å². The van der Waals surface area contributed by atoms with Gasteiger partial charge in [-0.25, -0.2) is 9.67 Å². The van der Waals surface area contributed by atoms with Gasteiger partial charge in [0, 0.05) is 17.6 Å². The monoisotopic (exact) mass is 340 g/mol. The first kappa shape index (κ1) is 16.2. The van der Waals surface area contributed by atoms with Crippen LogP contribution >= 0.6 is 11.6 Å². The highest BCUT2D eigenvalue weighted by Gasteiger charge is 2.19. The minimum absolute atomic E-state index is 0.0421. The lowest BCUT2D eigenvalue weighted by Gasteiger charge is -2.25. The van der Waals surface area contributed by atoms with Crippen LogP contribution in [0, 0.1) is 0 Å². The minimum atomic E-state index is -0.0574. The maximum atomic E-state index is 12.6. The minimum Gasteiger partial charge on any atom is -0.335 e. The molecule has 1 atom stereocenters. The molecule has 0 fully saturated rings. The third kappa shape index (κ3) is 3.31. The highest BCUT2D eigenvalue weighted by Crippen LogP contribution is 2.22. The Hall–Kier alpha value is -2.66. The van der Waals surface area contributed by atoms with Crippen molar-refractivity contribution in [2.45, 2.75) is 13.0 Å². The van der Waals surface area contributed by atoms with Crippen LogP contribution in [0.15, 0.2) is 61.2 Å². The van der Waals surface area contributed by atoms with Crippen LogP contribution in [-0.4, -0.2) is 32.6 Å². The molecule has 2 aromatic carbocycles. The predicted molar refractivity (Wildman–Crippen MR) is 93.3 cm³/mol. The number of hydrogen-bond acceptors (Lipinski definition) is 3. The van der Waals surface area contributed by atoms with Gasteiger partial charge in [-0.05, 0) is 48.9 Å². The van der Waals surface area contributed by atoms with Gasteiger partial charge in [0.15, 0.2) is 0 Å². The first-order valence-electron chi connectivity index (χ1n) is 7.54. The smallest absolute Gasteiger partial charge is 0.254 e. The molecule has 0 radical (unpaired) electrons. The summed E-state index contributed by atoms with van der Waals surface area (Å²) in [6.07, 6.45) is 3.14. The molecule has 6 heteroatoms. The molecule has 122 valence electrons. The van der Waals surface area contributed by atoms with Crippen molar-refractivity contribution >= 4 is 17.5 Å². The molecule has 0 aliphatic rings. The van der Waals surface area contributed by atoms with Crippen LogP contribution in [-0.2, 0) is 0 Å². The number of carbonyl (C=O) groups is 1. The normalized spacial score (nSPS) is 12.0. The van der Waals surface area contributed by atoms with Crippen molar-refractivity contribution in [3.8, 4) is 5.69 Å². The highest BCUT2D eigenvalue weighted by atomic mass is 35.5. The Balaban J connectivity index is 1.76. The van der Waals surface area contributed by atoms with Gasteiger partial charge >= 0.3 is 0 Å². The molecule has 0 aliphatic heterocycles. The predicted octanol–water partition coefficient (Wildman–Crippen LogP) is 3.75. The first-order chi connectivity index (χ1) is 11.6. The summed E-state index contributed by atoms with van der Waals surface area (Å²) < 4.78 is 1.69. The van der Waals surface area contributed by atoms with E-state index in [9.17, 15) is 4.79 Å². The number of benzene rings is 2. The lowest BCUT2D eigenvalue weighted by molar-refractivity contribution is 0.0742. The van der Waals surface area contributed by atoms with Gasteiger partial charge in [0.25, 0.3) is 5.91 Å². The molecule has 1 aromatic heterocycles. The summed E-state index contributed by atoms with van der Waals surface area (Å²) in [5.74, 6) is -0.0421. The summed E-state index contributed by atoms with van der Waals surface area (Å²) in [7, 11) is 1.80. The Bertz CT molecular complexity index is 813. The zero-order valence-corrected chi connectivity index (χ0v) is 14.2. The van der Waals surface area contributed by atoms with E-state index in [2.05, 4.69) is 10.1 Å². The zero-order valence-electron chi connectivity index (χ0n) is 13.4. The van der Waals surface area contributed by atoms with Crippen molar-refractivity contribution < 1.29 is 4.79 Å². The maximum absolute atomic E-state index is 12.6. The number of amides is 1. The van der Waals surface area contributed by atoms with Crippen molar-refractivity contribution in [3.05, 3.63) is 77.3 Å². The summed E-state index contributed by atoms with van der Waals surface area (Å²) in [4.78, 5) is 18.2. The summed E-state index contributed by atoms with van der Waals surface area (Å²) >= 11 is 5.88. The molecule has 0 spiro atoms. The van der Waals surface area contributed by atoms with Crippen molar-refractivity contribution in [1.82, 2.24) is 19.7 Å². The number of halogens is 1. The fourth-order valence-corrected chi connectivity index (χ4v) is 2.57. The molecular formula is C18H17ClN4O. The summed E-state index contributed by atoms with van der Waals surface area (Å²) in [5.41, 5.74) is 2.59. The number of hydrogen-bond donors (Lipinski definition) is 0. The summed E-state index contributed by atoms with van der Waals surface area (Å²) in [5, 5.41) is 4.72. The molecule has 24 heavy (non-hydrogen) atoms. The first-order valence-corrected chi connectivity index (χ1v) is 7.92. The van der Waals surface area contributed by atoms with Crippen LogP contribution in [0.25, 0.3) is 5.69 Å². The van der Waals surface area contributed by atoms with E-state index in [0.29, 0.717) is 10.6 Å². The highest BCUT2D eigenvalue weighted by molar-refractivity contribution is 6.30. The number of carbonyl (C=O) groups excluding carboxylic acids is 1. The van der Waals surface area contributed by atoms with E-state index in [1.54, 1.807) is 47.2 Å². The average molecular weight is 341 g/mol. The van der Waals surface area contributed by atoms with E-state index in [0.717, 1.165) is 11.3 Å². The second kappa shape index (κ2) is 6.84. The molecule has 0 N–H and O–H groups in total. The lowest BCUT2D eigenvalue weighted by atomic mass is 10.1. The zero-order chi connectivity index (χ0) is 17.1. The standard InChI is InChI=1S/C18H17ClN4O/c1-13(22(2)18(24)15-3-7-16(19)8-4-15)14-5-9-17(10-6-14)23-12-20-11-21-23/h3-13H,1-2H3. The number of rotatable bonds is 4. The van der Waals surface area contributed by atoms with Gasteiger partial charge in [0.2, 0.25) is 0 Å². The fraction of sp³-hybridized carbons (Fsp3) is 0.167. The molecule has 1 amide bonds. The molecule has 5 nitrogen and oxygen atoms in total. The van der Waals surface area contributed by atoms with E-state index in [4.69, 9.17) is 11.6 Å². The van der Waals surface area contributed by atoms with Crippen LogP contribution in [0.4, 0.5) is 0 Å². The van der Waals surface area contributed by atoms with Gasteiger partial charge in [0.05, 0.1) is 11.7 Å². The van der Waals surface area contributed by atoms with Gasteiger partial charge in [-0.1, -0.05) is 23.7 Å². The Kier molecular flexibility index (Phi) is 4.62. The third-order valence-electron chi connectivity index (χ3n) is 4.05. The van der Waals surface area contributed by atoms with E-state index in [-0.39, 0.29) is 11.9 Å². The van der Waals surface area contributed by atoms with Crippen LogP contribution < -0.4 is 0 Å². The summed E-state index contributed by atoms with van der Waals surface area (Å²) in [6.45, 7) is 2.00. The lowest BCUT2D eigenvalue weighted by Crippen LogP contribution is -2.29. The van der Waals surface area contributed by atoms with Crippen molar-refractivity contribution in [1.29, 1.82) is 0 Å². The van der Waals surface area contributed by atoms with Gasteiger partial charge < -0.3 is 4.90 Å². The Labute approximate surface area is 145 Å². The van der Waals surface area contributed by atoms with Crippen LogP contribution in [0.5, 0.6) is 0 Å². The van der Waals surface area contributed by atoms with Gasteiger partial charge in [0.1, 0.15) is 12.7 Å². The van der Waals surface area contributed by atoms with Crippen LogP contribution in [0.2, 0.25) is 5.02 Å². The second-order valence-electron chi connectivity index (χ2n) is 5.53.